The molecule has 7 rings (SSSR count). The lowest BCUT2D eigenvalue weighted by atomic mass is 9.93. The molecular weight excluding hydrogens is 726 g/mol. The second-order valence-corrected chi connectivity index (χ2v) is 18.0. The Morgan fingerprint density at radius 1 is 1.13 bits per heavy atom. The molecule has 12 nitrogen and oxygen atoms in total. The Hall–Kier alpha value is -3.75. The lowest BCUT2D eigenvalue weighted by molar-refractivity contribution is -0.140. The second kappa shape index (κ2) is 14.2. The van der Waals surface area contributed by atoms with Gasteiger partial charge in [0.25, 0.3) is 5.91 Å². The number of pyridine rings is 1. The van der Waals surface area contributed by atoms with Crippen LogP contribution in [0.2, 0.25) is 5.02 Å². The molecule has 2 aromatic heterocycles. The number of sulfonamides is 1. The summed E-state index contributed by atoms with van der Waals surface area (Å²) in [5, 5.41) is 6.02. The molecule has 3 amide bonds. The Kier molecular flexibility index (Phi) is 10.0. The molecule has 3 aliphatic carbocycles. The molecule has 5 atom stereocenters. The van der Waals surface area contributed by atoms with E-state index in [4.69, 9.17) is 31.0 Å². The van der Waals surface area contributed by atoms with Gasteiger partial charge >= 0.3 is 0 Å². The first-order valence-electron chi connectivity index (χ1n) is 17.9. The van der Waals surface area contributed by atoms with Crippen molar-refractivity contribution in [2.24, 2.45) is 17.8 Å². The van der Waals surface area contributed by atoms with Gasteiger partial charge in [0, 0.05) is 36.3 Å². The first kappa shape index (κ1) is 36.6. The van der Waals surface area contributed by atoms with Crippen molar-refractivity contribution in [2.45, 2.75) is 88.0 Å². The zero-order valence-electron chi connectivity index (χ0n) is 29.7. The number of fused-ring (bicyclic) bond motifs is 3. The molecule has 3 heterocycles. The molecule has 278 valence electrons. The van der Waals surface area contributed by atoms with Gasteiger partial charge in [-0.2, -0.15) is 0 Å². The SMILES string of the molecule is COc1ccc2c(OC3CC4C(=O)N(C)CCCC/C=C\[C@@H]5C[C@@]5(C(=O)NS(=O)(=O)C5CC5)NC(=O)[C@@H]4C3)cc(-c3nc(C(C)C)cs3)nc2c1Cl. The van der Waals surface area contributed by atoms with Crippen molar-refractivity contribution < 1.29 is 32.3 Å². The lowest BCUT2D eigenvalue weighted by Crippen LogP contribution is -2.54. The molecule has 3 aromatic rings. The molecule has 0 spiro atoms. The van der Waals surface area contributed by atoms with Crippen LogP contribution in [0.4, 0.5) is 0 Å². The van der Waals surface area contributed by atoms with Crippen molar-refractivity contribution in [3.8, 4) is 22.2 Å². The van der Waals surface area contributed by atoms with Crippen LogP contribution in [0.15, 0.2) is 35.7 Å². The van der Waals surface area contributed by atoms with E-state index in [0.29, 0.717) is 57.5 Å². The van der Waals surface area contributed by atoms with Crippen LogP contribution in [0.25, 0.3) is 21.6 Å². The Balaban J connectivity index is 1.21. The van der Waals surface area contributed by atoms with E-state index in [2.05, 4.69) is 23.9 Å². The predicted molar refractivity (Wildman–Crippen MR) is 199 cm³/mol. The Labute approximate surface area is 312 Å². The maximum atomic E-state index is 14.3. The first-order chi connectivity index (χ1) is 24.8. The van der Waals surface area contributed by atoms with Crippen LogP contribution < -0.4 is 19.5 Å². The van der Waals surface area contributed by atoms with Gasteiger partial charge in [-0.1, -0.05) is 37.6 Å². The number of hydrogen-bond donors (Lipinski definition) is 2. The number of ether oxygens (including phenoxy) is 2. The molecular formula is C37H44ClN5O7S2. The standard InChI is InChI=1S/C37H44ClN5O7S2/c1-20(2)28-19-51-34(40-28)27-17-30(24-12-13-29(49-4)31(38)32(24)39-27)50-22-15-25-26(16-22)35(45)43(3)14-8-6-5-7-9-21-18-37(21,41-33(25)44)36(46)42-52(47,48)23-10-11-23/h7,9,12-13,17,19-23,25-26H,5-6,8,10-11,14-16,18H2,1-4H3,(H,41,44)(H,42,46)/b9-7-/t21-,22?,25-,26?,37-/m1/s1. The molecule has 0 radical (unpaired) electrons. The summed E-state index contributed by atoms with van der Waals surface area (Å²) < 4.78 is 40.0. The number of allylic oxidation sites excluding steroid dienone is 1. The van der Waals surface area contributed by atoms with Crippen LogP contribution in [0.3, 0.4) is 0 Å². The molecule has 3 fully saturated rings. The number of thiazole rings is 1. The highest BCUT2D eigenvalue weighted by atomic mass is 35.5. The summed E-state index contributed by atoms with van der Waals surface area (Å²) in [6.45, 7) is 4.69. The number of methoxy groups -OCH3 is 1. The number of nitrogens with zero attached hydrogens (tertiary/aromatic N) is 3. The fraction of sp³-hybridized carbons (Fsp3) is 0.541. The summed E-state index contributed by atoms with van der Waals surface area (Å²) in [5.74, 6) is -2.09. The minimum Gasteiger partial charge on any atom is -0.495 e. The number of carbonyl (C=O) groups is 3. The molecule has 0 saturated heterocycles. The predicted octanol–water partition coefficient (Wildman–Crippen LogP) is 5.60. The second-order valence-electron chi connectivity index (χ2n) is 14.8. The summed E-state index contributed by atoms with van der Waals surface area (Å²) >= 11 is 8.27. The third-order valence-electron chi connectivity index (χ3n) is 10.7. The van der Waals surface area contributed by atoms with Gasteiger partial charge in [0.2, 0.25) is 21.8 Å². The van der Waals surface area contributed by atoms with E-state index < -0.39 is 50.6 Å². The molecule has 2 unspecified atom stereocenters. The Morgan fingerprint density at radius 3 is 2.62 bits per heavy atom. The van der Waals surface area contributed by atoms with Crippen molar-refractivity contribution >= 4 is 61.6 Å². The van der Waals surface area contributed by atoms with E-state index in [-0.39, 0.29) is 37.0 Å². The fourth-order valence-corrected chi connectivity index (χ4v) is 9.90. The van der Waals surface area contributed by atoms with E-state index in [9.17, 15) is 22.8 Å². The zero-order valence-corrected chi connectivity index (χ0v) is 32.1. The van der Waals surface area contributed by atoms with E-state index in [1.807, 2.05) is 29.7 Å². The molecule has 1 aromatic carbocycles. The number of hydrogen-bond acceptors (Lipinski definition) is 10. The molecule has 1 aliphatic heterocycles. The maximum absolute atomic E-state index is 14.3. The molecule has 52 heavy (non-hydrogen) atoms. The maximum Gasteiger partial charge on any atom is 0.259 e. The van der Waals surface area contributed by atoms with Crippen molar-refractivity contribution in [3.63, 3.8) is 0 Å². The smallest absolute Gasteiger partial charge is 0.259 e. The summed E-state index contributed by atoms with van der Waals surface area (Å²) in [4.78, 5) is 53.2. The van der Waals surface area contributed by atoms with Crippen LogP contribution >= 0.6 is 22.9 Å². The summed E-state index contributed by atoms with van der Waals surface area (Å²) in [6, 6.07) is 5.39. The highest BCUT2D eigenvalue weighted by molar-refractivity contribution is 7.91. The molecule has 15 heteroatoms. The van der Waals surface area contributed by atoms with Gasteiger partial charge < -0.3 is 19.7 Å². The van der Waals surface area contributed by atoms with Crippen molar-refractivity contribution in [1.29, 1.82) is 0 Å². The van der Waals surface area contributed by atoms with E-state index in [1.165, 1.54) is 18.4 Å². The van der Waals surface area contributed by atoms with Gasteiger partial charge in [0.15, 0.2) is 0 Å². The number of nitrogens with one attached hydrogen (secondary N) is 2. The van der Waals surface area contributed by atoms with Gasteiger partial charge in [0.05, 0.1) is 35.4 Å². The zero-order chi connectivity index (χ0) is 36.9. The highest BCUT2D eigenvalue weighted by Gasteiger charge is 2.62. The van der Waals surface area contributed by atoms with Crippen LogP contribution in [0.5, 0.6) is 11.5 Å². The van der Waals surface area contributed by atoms with Crippen molar-refractivity contribution in [1.82, 2.24) is 24.9 Å². The number of aromatic nitrogens is 2. The van der Waals surface area contributed by atoms with E-state index >= 15 is 0 Å². The van der Waals surface area contributed by atoms with Gasteiger partial charge in [0.1, 0.15) is 38.9 Å². The number of halogens is 1. The van der Waals surface area contributed by atoms with Crippen LogP contribution in [-0.2, 0) is 24.4 Å². The topological polar surface area (TPSA) is 157 Å². The number of amides is 3. The van der Waals surface area contributed by atoms with Crippen molar-refractivity contribution in [2.75, 3.05) is 20.7 Å². The average molecular weight is 770 g/mol. The van der Waals surface area contributed by atoms with Crippen LogP contribution in [0.1, 0.15) is 76.8 Å². The number of carbonyl (C=O) groups excluding carboxylic acids is 3. The van der Waals surface area contributed by atoms with Gasteiger partial charge in [-0.15, -0.1) is 11.3 Å². The van der Waals surface area contributed by atoms with E-state index in [1.54, 1.807) is 18.0 Å². The minimum absolute atomic E-state index is 0.168. The lowest BCUT2D eigenvalue weighted by Gasteiger charge is -2.26. The van der Waals surface area contributed by atoms with Crippen LogP contribution in [-0.4, -0.2) is 78.6 Å². The van der Waals surface area contributed by atoms with Crippen LogP contribution in [0, 0.1) is 17.8 Å². The molecule has 3 saturated carbocycles. The quantitative estimate of drug-likeness (QED) is 0.279. The third-order valence-corrected chi connectivity index (χ3v) is 13.8. The van der Waals surface area contributed by atoms with Gasteiger partial charge in [-0.05, 0) is 69.4 Å². The summed E-state index contributed by atoms with van der Waals surface area (Å²) in [6.07, 6.45) is 7.42. The Morgan fingerprint density at radius 2 is 1.90 bits per heavy atom. The minimum atomic E-state index is -3.84. The Bertz CT molecular complexity index is 2050. The third kappa shape index (κ3) is 7.13. The summed E-state index contributed by atoms with van der Waals surface area (Å²) in [7, 11) is -0.553. The molecule has 0 bridgehead atoms. The normalized spacial score (nSPS) is 27.4. The summed E-state index contributed by atoms with van der Waals surface area (Å²) in [5.41, 5.74) is 0.576. The first-order valence-corrected chi connectivity index (χ1v) is 20.7. The largest absolute Gasteiger partial charge is 0.495 e. The number of benzene rings is 1. The van der Waals surface area contributed by atoms with E-state index in [0.717, 1.165) is 25.0 Å². The molecule has 4 aliphatic rings. The van der Waals surface area contributed by atoms with Crippen molar-refractivity contribution in [3.05, 3.63) is 46.4 Å². The van der Waals surface area contributed by atoms with Gasteiger partial charge in [-0.25, -0.2) is 18.4 Å². The monoisotopic (exact) mass is 769 g/mol. The van der Waals surface area contributed by atoms with Gasteiger partial charge in [-0.3, -0.25) is 19.1 Å². The number of rotatable bonds is 8. The average Bonchev–Trinajstić information content (AvgIpc) is 3.98. The fourth-order valence-electron chi connectivity index (χ4n) is 7.31. The molecule has 2 N–H and O–H groups in total. The highest BCUT2D eigenvalue weighted by Crippen LogP contribution is 2.47.